The van der Waals surface area contributed by atoms with Crippen LogP contribution in [0.4, 0.5) is 27.8 Å². The number of amides is 1. The summed E-state index contributed by atoms with van der Waals surface area (Å²) in [7, 11) is 0. The fourth-order valence-electron chi connectivity index (χ4n) is 4.38. The first-order valence-corrected chi connectivity index (χ1v) is 11.1. The maximum absolute atomic E-state index is 15.4. The largest absolute Gasteiger partial charge is 0.416 e. The zero-order chi connectivity index (χ0) is 25.2. The molecule has 4 rings (SSSR count). The van der Waals surface area contributed by atoms with Gasteiger partial charge in [0.2, 0.25) is 5.91 Å². The monoisotopic (exact) mass is 490 g/mol. The first-order chi connectivity index (χ1) is 16.6. The first kappa shape index (κ1) is 24.6. The second-order valence-electron chi connectivity index (χ2n) is 8.50. The molecule has 0 bridgehead atoms. The van der Waals surface area contributed by atoms with Crippen LogP contribution in [0.3, 0.4) is 0 Å². The normalized spacial score (nSPS) is 16.0. The van der Waals surface area contributed by atoms with Gasteiger partial charge in [-0.1, -0.05) is 30.3 Å². The standard InChI is InChI=1S/C25H23F5N4O/c26-19-13-17(25(28,29)30)8-9-18(19)21-2-1-11-34(21)24-23(27)20(32-14-33-24)10-7-15-3-5-16(6-4-15)12-22(31)35/h3-6,8-9,13-14,21H,1-2,7,10-12H2,(H2,31,35)/t21-/m1/s1. The van der Waals surface area contributed by atoms with E-state index in [4.69, 9.17) is 5.73 Å². The highest BCUT2D eigenvalue weighted by atomic mass is 19.4. The summed E-state index contributed by atoms with van der Waals surface area (Å²) in [5.74, 6) is -2.03. The van der Waals surface area contributed by atoms with E-state index in [1.54, 1.807) is 17.0 Å². The fraction of sp³-hybridized carbons (Fsp3) is 0.320. The number of carbonyl (C=O) groups excluding carboxylic acids is 1. The number of primary amides is 1. The van der Waals surface area contributed by atoms with E-state index in [1.807, 2.05) is 12.1 Å². The van der Waals surface area contributed by atoms with Crippen LogP contribution in [0.15, 0.2) is 48.8 Å². The Hall–Kier alpha value is -3.56. The quantitative estimate of drug-likeness (QED) is 0.477. The molecule has 1 saturated heterocycles. The zero-order valence-corrected chi connectivity index (χ0v) is 18.7. The maximum atomic E-state index is 15.4. The molecular formula is C25H23F5N4O. The number of hydrogen-bond acceptors (Lipinski definition) is 4. The van der Waals surface area contributed by atoms with Gasteiger partial charge in [-0.2, -0.15) is 13.2 Å². The number of anilines is 1. The predicted molar refractivity (Wildman–Crippen MR) is 119 cm³/mol. The zero-order valence-electron chi connectivity index (χ0n) is 18.7. The SMILES string of the molecule is NC(=O)Cc1ccc(CCc2ncnc(N3CCC[C@@H]3c3ccc(C(F)(F)F)cc3F)c2F)cc1. The minimum atomic E-state index is -4.65. The van der Waals surface area contributed by atoms with E-state index < -0.39 is 35.3 Å². The third-order valence-corrected chi connectivity index (χ3v) is 6.11. The highest BCUT2D eigenvalue weighted by Gasteiger charge is 2.35. The highest BCUT2D eigenvalue weighted by Crippen LogP contribution is 2.39. The number of halogens is 5. The minimum Gasteiger partial charge on any atom is -0.369 e. The molecule has 0 aliphatic carbocycles. The van der Waals surface area contributed by atoms with Gasteiger partial charge in [0.25, 0.3) is 0 Å². The molecule has 1 aromatic heterocycles. The third-order valence-electron chi connectivity index (χ3n) is 6.11. The summed E-state index contributed by atoms with van der Waals surface area (Å²) in [6, 6.07) is 9.04. The Balaban J connectivity index is 1.52. The topological polar surface area (TPSA) is 72.1 Å². The van der Waals surface area contributed by atoms with Gasteiger partial charge < -0.3 is 10.6 Å². The van der Waals surface area contributed by atoms with Crippen LogP contribution in [-0.2, 0) is 30.2 Å². The highest BCUT2D eigenvalue weighted by molar-refractivity contribution is 5.76. The van der Waals surface area contributed by atoms with Crippen molar-refractivity contribution in [1.29, 1.82) is 0 Å². The van der Waals surface area contributed by atoms with Gasteiger partial charge in [0.15, 0.2) is 11.6 Å². The van der Waals surface area contributed by atoms with Crippen molar-refractivity contribution in [2.45, 2.75) is 44.3 Å². The molecule has 1 aliphatic rings. The van der Waals surface area contributed by atoms with Crippen molar-refractivity contribution in [3.8, 4) is 0 Å². The predicted octanol–water partition coefficient (Wildman–Crippen LogP) is 4.93. The number of aromatic nitrogens is 2. The molecule has 1 aliphatic heterocycles. The molecule has 1 fully saturated rings. The van der Waals surface area contributed by atoms with Crippen LogP contribution in [-0.4, -0.2) is 22.4 Å². The molecule has 0 radical (unpaired) electrons. The molecule has 1 amide bonds. The van der Waals surface area contributed by atoms with Crippen molar-refractivity contribution in [3.63, 3.8) is 0 Å². The number of aryl methyl sites for hydroxylation is 2. The molecule has 0 saturated carbocycles. The smallest absolute Gasteiger partial charge is 0.369 e. The summed E-state index contributed by atoms with van der Waals surface area (Å²) in [5, 5.41) is 0. The van der Waals surface area contributed by atoms with Crippen LogP contribution in [0.1, 0.15) is 46.8 Å². The van der Waals surface area contributed by atoms with E-state index in [9.17, 15) is 22.4 Å². The van der Waals surface area contributed by atoms with E-state index in [2.05, 4.69) is 9.97 Å². The molecule has 5 nitrogen and oxygen atoms in total. The molecule has 2 heterocycles. The summed E-state index contributed by atoms with van der Waals surface area (Å²) in [6.07, 6.45) is -1.43. The maximum Gasteiger partial charge on any atom is 0.416 e. The van der Waals surface area contributed by atoms with Gasteiger partial charge in [0.1, 0.15) is 12.1 Å². The number of rotatable bonds is 7. The van der Waals surface area contributed by atoms with E-state index in [-0.39, 0.29) is 29.9 Å². The number of carbonyl (C=O) groups is 1. The van der Waals surface area contributed by atoms with Gasteiger partial charge >= 0.3 is 6.18 Å². The van der Waals surface area contributed by atoms with Crippen molar-refractivity contribution in [2.75, 3.05) is 11.4 Å². The molecule has 2 N–H and O–H groups in total. The lowest BCUT2D eigenvalue weighted by atomic mass is 10.0. The Labute approximate surface area is 198 Å². The summed E-state index contributed by atoms with van der Waals surface area (Å²) >= 11 is 0. The Morgan fingerprint density at radius 1 is 1.03 bits per heavy atom. The van der Waals surface area contributed by atoms with Crippen LogP contribution >= 0.6 is 0 Å². The van der Waals surface area contributed by atoms with E-state index in [0.29, 0.717) is 31.9 Å². The van der Waals surface area contributed by atoms with Gasteiger partial charge in [-0.25, -0.2) is 18.7 Å². The van der Waals surface area contributed by atoms with Gasteiger partial charge in [-0.3, -0.25) is 4.79 Å². The van der Waals surface area contributed by atoms with Crippen LogP contribution in [0.25, 0.3) is 0 Å². The number of alkyl halides is 3. The van der Waals surface area contributed by atoms with Crippen LogP contribution in [0.5, 0.6) is 0 Å². The molecule has 35 heavy (non-hydrogen) atoms. The molecule has 3 aromatic rings. The van der Waals surface area contributed by atoms with Gasteiger partial charge in [-0.05, 0) is 48.9 Å². The Morgan fingerprint density at radius 3 is 2.40 bits per heavy atom. The number of hydrogen-bond donors (Lipinski definition) is 1. The summed E-state index contributed by atoms with van der Waals surface area (Å²) in [4.78, 5) is 20.7. The second-order valence-corrected chi connectivity index (χ2v) is 8.50. The molecule has 10 heteroatoms. The molecule has 0 spiro atoms. The van der Waals surface area contributed by atoms with E-state index >= 15 is 4.39 Å². The average molecular weight is 490 g/mol. The molecule has 2 aromatic carbocycles. The minimum absolute atomic E-state index is 0.00797. The lowest BCUT2D eigenvalue weighted by Crippen LogP contribution is -2.26. The Morgan fingerprint density at radius 2 is 1.74 bits per heavy atom. The Kier molecular flexibility index (Phi) is 7.00. The lowest BCUT2D eigenvalue weighted by Gasteiger charge is -2.27. The molecule has 184 valence electrons. The lowest BCUT2D eigenvalue weighted by molar-refractivity contribution is -0.137. The van der Waals surface area contributed by atoms with Crippen molar-refractivity contribution >= 4 is 11.7 Å². The summed E-state index contributed by atoms with van der Waals surface area (Å²) in [5.41, 5.74) is 6.10. The molecular weight excluding hydrogens is 467 g/mol. The number of benzene rings is 2. The average Bonchev–Trinajstić information content (AvgIpc) is 3.27. The van der Waals surface area contributed by atoms with Crippen molar-refractivity contribution in [1.82, 2.24) is 9.97 Å². The van der Waals surface area contributed by atoms with Crippen LogP contribution in [0.2, 0.25) is 0 Å². The van der Waals surface area contributed by atoms with Crippen molar-refractivity contribution < 1.29 is 26.7 Å². The fourth-order valence-corrected chi connectivity index (χ4v) is 4.38. The van der Waals surface area contributed by atoms with Crippen LogP contribution in [0, 0.1) is 11.6 Å². The van der Waals surface area contributed by atoms with Crippen molar-refractivity contribution in [2.24, 2.45) is 5.73 Å². The van der Waals surface area contributed by atoms with Gasteiger partial charge in [0, 0.05) is 12.1 Å². The second kappa shape index (κ2) is 9.97. The third kappa shape index (κ3) is 5.58. The Bertz CT molecular complexity index is 1210. The van der Waals surface area contributed by atoms with Gasteiger partial charge in [0.05, 0.1) is 23.7 Å². The van der Waals surface area contributed by atoms with Gasteiger partial charge in [-0.15, -0.1) is 0 Å². The summed E-state index contributed by atoms with van der Waals surface area (Å²) < 4.78 is 68.8. The summed E-state index contributed by atoms with van der Waals surface area (Å²) in [6.45, 7) is 0.389. The number of nitrogens with zero attached hydrogens (tertiary/aromatic N) is 3. The van der Waals surface area contributed by atoms with E-state index in [1.165, 1.54) is 6.33 Å². The number of nitrogens with two attached hydrogens (primary N) is 1. The van der Waals surface area contributed by atoms with E-state index in [0.717, 1.165) is 23.3 Å². The van der Waals surface area contributed by atoms with Crippen LogP contribution < -0.4 is 10.6 Å². The molecule has 0 unspecified atom stereocenters. The first-order valence-electron chi connectivity index (χ1n) is 11.1. The van der Waals surface area contributed by atoms with Crippen molar-refractivity contribution in [3.05, 3.63) is 88.4 Å². The molecule has 1 atom stereocenters.